The summed E-state index contributed by atoms with van der Waals surface area (Å²) in [5, 5.41) is 3.03. The minimum absolute atomic E-state index is 0.0504. The molecule has 0 saturated heterocycles. The smallest absolute Gasteiger partial charge is 0.387 e. The van der Waals surface area contributed by atoms with Crippen LogP contribution in [0.5, 0.6) is 5.75 Å². The summed E-state index contributed by atoms with van der Waals surface area (Å²) < 4.78 is 56.2. The van der Waals surface area contributed by atoms with Gasteiger partial charge in [-0.1, -0.05) is 30.3 Å². The molecule has 146 valence electrons. The number of nitrogens with zero attached hydrogens (tertiary/aromatic N) is 2. The van der Waals surface area contributed by atoms with Crippen molar-refractivity contribution in [3.8, 4) is 17.0 Å². The summed E-state index contributed by atoms with van der Waals surface area (Å²) >= 11 is 0. The van der Waals surface area contributed by atoms with E-state index in [0.717, 1.165) is 17.7 Å². The van der Waals surface area contributed by atoms with Gasteiger partial charge in [-0.2, -0.15) is 8.78 Å². The quantitative estimate of drug-likeness (QED) is 0.592. The van der Waals surface area contributed by atoms with Crippen LogP contribution in [0, 0.1) is 11.6 Å². The summed E-state index contributed by atoms with van der Waals surface area (Å²) in [6.07, 6.45) is 1.21. The lowest BCUT2D eigenvalue weighted by Crippen LogP contribution is -2.20. The SMILES string of the molecule is N[C@@H](CNc1cc(-c2cc(F)c(OC(F)F)c(F)c2)ncn1)c1ccccc1. The van der Waals surface area contributed by atoms with Gasteiger partial charge in [-0.05, 0) is 17.7 Å². The predicted octanol–water partition coefficient (Wildman–Crippen LogP) is 4.14. The summed E-state index contributed by atoms with van der Waals surface area (Å²) in [6, 6.07) is 12.3. The molecule has 0 bridgehead atoms. The molecule has 0 unspecified atom stereocenters. The Bertz CT molecular complexity index is 917. The third-order valence-electron chi connectivity index (χ3n) is 3.90. The molecule has 3 N–H and O–H groups in total. The Kier molecular flexibility index (Phi) is 6.05. The first kappa shape index (κ1) is 19.6. The monoisotopic (exact) mass is 392 g/mol. The third-order valence-corrected chi connectivity index (χ3v) is 3.90. The molecule has 5 nitrogen and oxygen atoms in total. The number of hydrogen-bond donors (Lipinski definition) is 2. The number of ether oxygens (including phenoxy) is 1. The molecule has 3 aromatic rings. The average molecular weight is 392 g/mol. The highest BCUT2D eigenvalue weighted by atomic mass is 19.3. The number of rotatable bonds is 7. The maximum atomic E-state index is 13.9. The molecule has 1 atom stereocenters. The lowest BCUT2D eigenvalue weighted by molar-refractivity contribution is -0.0546. The van der Waals surface area contributed by atoms with Crippen LogP contribution in [0.2, 0.25) is 0 Å². The zero-order chi connectivity index (χ0) is 20.1. The molecule has 0 aliphatic rings. The van der Waals surface area contributed by atoms with Crippen molar-refractivity contribution in [1.29, 1.82) is 0 Å². The molecule has 0 radical (unpaired) electrons. The molecule has 2 aromatic carbocycles. The summed E-state index contributed by atoms with van der Waals surface area (Å²) in [6.45, 7) is -2.97. The van der Waals surface area contributed by atoms with Crippen LogP contribution in [0.15, 0.2) is 54.9 Å². The third kappa shape index (κ3) is 4.74. The van der Waals surface area contributed by atoms with Crippen LogP contribution in [0.3, 0.4) is 0 Å². The van der Waals surface area contributed by atoms with E-state index in [1.807, 2.05) is 30.3 Å². The van der Waals surface area contributed by atoms with Crippen molar-refractivity contribution in [2.24, 2.45) is 5.73 Å². The zero-order valence-electron chi connectivity index (χ0n) is 14.4. The second kappa shape index (κ2) is 8.66. The van der Waals surface area contributed by atoms with Gasteiger partial charge in [0.25, 0.3) is 0 Å². The fourth-order valence-corrected chi connectivity index (χ4v) is 2.55. The molecular formula is C19H16F4N4O. The Morgan fingerprint density at radius 1 is 1.00 bits per heavy atom. The minimum Gasteiger partial charge on any atom is -0.429 e. The molecule has 3 rings (SSSR count). The highest BCUT2D eigenvalue weighted by Crippen LogP contribution is 2.29. The topological polar surface area (TPSA) is 73.1 Å². The molecule has 0 aliphatic carbocycles. The van der Waals surface area contributed by atoms with E-state index in [9.17, 15) is 17.6 Å². The second-order valence-electron chi connectivity index (χ2n) is 5.83. The van der Waals surface area contributed by atoms with Crippen LogP contribution in [0.1, 0.15) is 11.6 Å². The molecular weight excluding hydrogens is 376 g/mol. The second-order valence-corrected chi connectivity index (χ2v) is 5.83. The highest BCUT2D eigenvalue weighted by Gasteiger charge is 2.18. The van der Waals surface area contributed by atoms with E-state index in [1.54, 1.807) is 0 Å². The number of anilines is 1. The van der Waals surface area contributed by atoms with Gasteiger partial charge in [0, 0.05) is 24.2 Å². The Labute approximate surface area is 158 Å². The van der Waals surface area contributed by atoms with Gasteiger partial charge >= 0.3 is 6.61 Å². The average Bonchev–Trinajstić information content (AvgIpc) is 2.69. The van der Waals surface area contributed by atoms with Crippen molar-refractivity contribution < 1.29 is 22.3 Å². The van der Waals surface area contributed by atoms with Gasteiger partial charge in [-0.15, -0.1) is 0 Å². The number of nitrogens with one attached hydrogen (secondary N) is 1. The fourth-order valence-electron chi connectivity index (χ4n) is 2.55. The Morgan fingerprint density at radius 3 is 2.32 bits per heavy atom. The van der Waals surface area contributed by atoms with E-state index in [1.165, 1.54) is 12.4 Å². The molecule has 28 heavy (non-hydrogen) atoms. The van der Waals surface area contributed by atoms with Gasteiger partial charge in [-0.25, -0.2) is 18.7 Å². The van der Waals surface area contributed by atoms with E-state index < -0.39 is 24.0 Å². The van der Waals surface area contributed by atoms with Gasteiger partial charge < -0.3 is 15.8 Å². The molecule has 1 aromatic heterocycles. The molecule has 0 amide bonds. The van der Waals surface area contributed by atoms with Crippen LogP contribution in [0.4, 0.5) is 23.4 Å². The van der Waals surface area contributed by atoms with Crippen LogP contribution in [-0.4, -0.2) is 23.1 Å². The van der Waals surface area contributed by atoms with E-state index in [2.05, 4.69) is 20.0 Å². The van der Waals surface area contributed by atoms with E-state index in [-0.39, 0.29) is 17.3 Å². The lowest BCUT2D eigenvalue weighted by Gasteiger charge is -2.14. The summed E-state index contributed by atoms with van der Waals surface area (Å²) in [5.41, 5.74) is 7.29. The summed E-state index contributed by atoms with van der Waals surface area (Å²) in [4.78, 5) is 8.01. The normalized spacial score (nSPS) is 12.1. The number of hydrogen-bond acceptors (Lipinski definition) is 5. The van der Waals surface area contributed by atoms with Crippen LogP contribution in [0.25, 0.3) is 11.3 Å². The highest BCUT2D eigenvalue weighted by molar-refractivity contribution is 5.63. The van der Waals surface area contributed by atoms with Crippen LogP contribution in [-0.2, 0) is 0 Å². The zero-order valence-corrected chi connectivity index (χ0v) is 14.4. The number of nitrogens with two attached hydrogens (primary N) is 1. The van der Waals surface area contributed by atoms with Crippen LogP contribution < -0.4 is 15.8 Å². The maximum Gasteiger partial charge on any atom is 0.387 e. The van der Waals surface area contributed by atoms with Crippen molar-refractivity contribution in [2.75, 3.05) is 11.9 Å². The van der Waals surface area contributed by atoms with Gasteiger partial charge in [0.1, 0.15) is 12.1 Å². The first-order valence-corrected chi connectivity index (χ1v) is 8.24. The van der Waals surface area contributed by atoms with E-state index in [4.69, 9.17) is 5.73 Å². The minimum atomic E-state index is -3.33. The molecule has 0 saturated carbocycles. The molecule has 0 fully saturated rings. The molecule has 0 aliphatic heterocycles. The maximum absolute atomic E-state index is 13.9. The van der Waals surface area contributed by atoms with Crippen LogP contribution >= 0.6 is 0 Å². The molecule has 1 heterocycles. The number of alkyl halides is 2. The molecule has 0 spiro atoms. The Morgan fingerprint density at radius 2 is 1.68 bits per heavy atom. The van der Waals surface area contributed by atoms with E-state index in [0.29, 0.717) is 12.4 Å². The lowest BCUT2D eigenvalue weighted by atomic mass is 10.1. The first-order chi connectivity index (χ1) is 13.4. The van der Waals surface area contributed by atoms with Crippen molar-refractivity contribution in [2.45, 2.75) is 12.7 Å². The Balaban J connectivity index is 1.76. The van der Waals surface area contributed by atoms with Crippen molar-refractivity contribution in [1.82, 2.24) is 9.97 Å². The Hall–Kier alpha value is -3.20. The number of halogens is 4. The molecule has 9 heteroatoms. The van der Waals surface area contributed by atoms with Gasteiger partial charge in [0.15, 0.2) is 17.4 Å². The number of benzene rings is 2. The van der Waals surface area contributed by atoms with E-state index >= 15 is 0 Å². The standard InChI is InChI=1S/C19H16F4N4O/c20-13-6-12(7-14(21)18(13)28-19(22)23)16-8-17(27-10-26-16)25-9-15(24)11-4-2-1-3-5-11/h1-8,10,15,19H,9,24H2,(H,25,26,27)/t15-/m0/s1. The predicted molar refractivity (Wildman–Crippen MR) is 95.9 cm³/mol. The largest absolute Gasteiger partial charge is 0.429 e. The van der Waals surface area contributed by atoms with Gasteiger partial charge in [0.05, 0.1) is 5.69 Å². The fraction of sp³-hybridized carbons (Fsp3) is 0.158. The van der Waals surface area contributed by atoms with Crippen molar-refractivity contribution in [3.63, 3.8) is 0 Å². The summed E-state index contributed by atoms with van der Waals surface area (Å²) in [7, 11) is 0. The van der Waals surface area contributed by atoms with Crippen molar-refractivity contribution >= 4 is 5.82 Å². The van der Waals surface area contributed by atoms with Crippen molar-refractivity contribution in [3.05, 3.63) is 72.1 Å². The summed E-state index contributed by atoms with van der Waals surface area (Å²) in [5.74, 6) is -3.26. The first-order valence-electron chi connectivity index (χ1n) is 8.24. The van der Waals surface area contributed by atoms with Gasteiger partial charge in [-0.3, -0.25) is 0 Å². The van der Waals surface area contributed by atoms with Gasteiger partial charge in [0.2, 0.25) is 0 Å². The number of aromatic nitrogens is 2.